The summed E-state index contributed by atoms with van der Waals surface area (Å²) in [4.78, 5) is 0. The Kier molecular flexibility index (Phi) is 5.53. The fourth-order valence-electron chi connectivity index (χ4n) is 1.58. The van der Waals surface area contributed by atoms with E-state index < -0.39 is 11.4 Å². The van der Waals surface area contributed by atoms with E-state index in [1.165, 1.54) is 0 Å². The van der Waals surface area contributed by atoms with E-state index in [0.29, 0.717) is 5.92 Å². The van der Waals surface area contributed by atoms with Crippen molar-refractivity contribution in [1.29, 1.82) is 0 Å². The Morgan fingerprint density at radius 2 is 1.78 bits per heavy atom. The Morgan fingerprint density at radius 1 is 1.22 bits per heavy atom. The highest BCUT2D eigenvalue weighted by molar-refractivity contribution is 7.90. The van der Waals surface area contributed by atoms with Crippen molar-refractivity contribution in [2.24, 2.45) is 5.92 Å². The van der Waals surface area contributed by atoms with Crippen LogP contribution in [-0.2, 0) is 11.4 Å². The quantitative estimate of drug-likeness (QED) is 0.847. The lowest BCUT2D eigenvalue weighted by molar-refractivity contribution is 0.452. The summed E-state index contributed by atoms with van der Waals surface area (Å²) in [7, 11) is 0. The van der Waals surface area contributed by atoms with Crippen molar-refractivity contribution in [2.75, 3.05) is 0 Å². The maximum absolute atomic E-state index is 12.2. The third-order valence-corrected chi connectivity index (χ3v) is 4.62. The van der Waals surface area contributed by atoms with Crippen LogP contribution < -0.4 is 4.72 Å². The molecule has 2 nitrogen and oxygen atoms in total. The van der Waals surface area contributed by atoms with Gasteiger partial charge in [0.15, 0.2) is 0 Å². The van der Waals surface area contributed by atoms with Gasteiger partial charge in [-0.3, -0.25) is 0 Å². The average molecular weight is 288 g/mol. The average Bonchev–Trinajstić information content (AvgIpc) is 2.25. The summed E-state index contributed by atoms with van der Waals surface area (Å²) in [5.41, 5.74) is 1.01. The van der Waals surface area contributed by atoms with Crippen molar-refractivity contribution in [2.45, 2.75) is 45.4 Å². The molecule has 102 valence electrons. The van der Waals surface area contributed by atoms with Gasteiger partial charge in [-0.2, -0.15) is 0 Å². The summed E-state index contributed by atoms with van der Waals surface area (Å²) in [5, 5.41) is 0.717. The van der Waals surface area contributed by atoms with E-state index in [2.05, 4.69) is 18.6 Å². The highest BCUT2D eigenvalue weighted by Crippen LogP contribution is 2.30. The number of nitrogens with one attached hydrogen (secondary N) is 1. The smallest absolute Gasteiger partial charge is 0.136 e. The normalized spacial score (nSPS) is 15.8. The molecule has 1 N–H and O–H groups in total. The number of halogens is 1. The molecule has 0 radical (unpaired) electrons. The van der Waals surface area contributed by atoms with E-state index >= 15 is 0 Å². The zero-order valence-electron chi connectivity index (χ0n) is 11.7. The maximum atomic E-state index is 12.2. The number of rotatable bonds is 4. The maximum Gasteiger partial charge on any atom is 0.136 e. The van der Waals surface area contributed by atoms with Gasteiger partial charge >= 0.3 is 0 Å². The molecule has 0 spiro atoms. The minimum Gasteiger partial charge on any atom is -0.598 e. The number of benzene rings is 1. The molecule has 4 heteroatoms. The van der Waals surface area contributed by atoms with E-state index in [9.17, 15) is 4.55 Å². The predicted molar refractivity (Wildman–Crippen MR) is 80.1 cm³/mol. The van der Waals surface area contributed by atoms with Gasteiger partial charge < -0.3 is 4.55 Å². The Morgan fingerprint density at radius 3 is 2.22 bits per heavy atom. The molecule has 0 aliphatic carbocycles. The van der Waals surface area contributed by atoms with Gasteiger partial charge in [0.25, 0.3) is 0 Å². The monoisotopic (exact) mass is 287 g/mol. The minimum absolute atomic E-state index is 0.00115. The van der Waals surface area contributed by atoms with Crippen molar-refractivity contribution in [3.8, 4) is 0 Å². The third kappa shape index (κ3) is 4.16. The van der Waals surface area contributed by atoms with Crippen molar-refractivity contribution in [3.05, 3.63) is 34.9 Å². The second-order valence-corrected chi connectivity index (χ2v) is 8.15. The van der Waals surface area contributed by atoms with Crippen LogP contribution in [0.2, 0.25) is 5.02 Å². The molecule has 0 aliphatic heterocycles. The van der Waals surface area contributed by atoms with Crippen molar-refractivity contribution >= 4 is 23.0 Å². The van der Waals surface area contributed by atoms with Crippen LogP contribution in [0.5, 0.6) is 0 Å². The molecule has 0 aromatic heterocycles. The van der Waals surface area contributed by atoms with Gasteiger partial charge in [-0.05, 0) is 38.3 Å². The predicted octanol–water partition coefficient (Wildman–Crippen LogP) is 4.09. The van der Waals surface area contributed by atoms with Crippen LogP contribution in [0.15, 0.2) is 24.3 Å². The molecule has 0 bridgehead atoms. The van der Waals surface area contributed by atoms with Gasteiger partial charge in [-0.15, -0.1) is 4.72 Å². The zero-order valence-corrected chi connectivity index (χ0v) is 13.2. The molecular formula is C14H22ClNOS. The van der Waals surface area contributed by atoms with Gasteiger partial charge in [0.1, 0.15) is 4.75 Å². The van der Waals surface area contributed by atoms with Gasteiger partial charge in [0.05, 0.1) is 6.04 Å². The largest absolute Gasteiger partial charge is 0.598 e. The molecule has 1 rings (SSSR count). The van der Waals surface area contributed by atoms with Gasteiger partial charge in [0, 0.05) is 16.4 Å². The summed E-state index contributed by atoms with van der Waals surface area (Å²) >= 11 is 5.12. The molecule has 1 aromatic rings. The summed E-state index contributed by atoms with van der Waals surface area (Å²) < 4.78 is 15.1. The lowest BCUT2D eigenvalue weighted by Crippen LogP contribution is -2.42. The second-order valence-electron chi connectivity index (χ2n) is 5.74. The Balaban J connectivity index is 2.95. The molecule has 2 atom stereocenters. The highest BCUT2D eigenvalue weighted by atomic mass is 35.5. The van der Waals surface area contributed by atoms with Crippen LogP contribution in [0.1, 0.15) is 46.2 Å². The first kappa shape index (κ1) is 15.8. The lowest BCUT2D eigenvalue weighted by atomic mass is 9.97. The molecular weight excluding hydrogens is 266 g/mol. The fraction of sp³-hybridized carbons (Fsp3) is 0.571. The first-order valence-electron chi connectivity index (χ1n) is 6.16. The van der Waals surface area contributed by atoms with Crippen molar-refractivity contribution in [1.82, 2.24) is 4.72 Å². The zero-order chi connectivity index (χ0) is 13.9. The lowest BCUT2D eigenvalue weighted by Gasteiger charge is -2.30. The summed E-state index contributed by atoms with van der Waals surface area (Å²) in [6, 6.07) is 7.72. The molecule has 0 saturated heterocycles. The number of hydrogen-bond donors (Lipinski definition) is 1. The molecule has 0 heterocycles. The van der Waals surface area contributed by atoms with Crippen molar-refractivity contribution < 1.29 is 4.55 Å². The minimum atomic E-state index is -1.11. The van der Waals surface area contributed by atoms with Gasteiger partial charge in [0.2, 0.25) is 0 Å². The second kappa shape index (κ2) is 6.29. The fourth-order valence-corrected chi connectivity index (χ4v) is 2.81. The van der Waals surface area contributed by atoms with Gasteiger partial charge in [-0.25, -0.2) is 0 Å². The van der Waals surface area contributed by atoms with Gasteiger partial charge in [-0.1, -0.05) is 43.6 Å². The summed E-state index contributed by atoms with van der Waals surface area (Å²) in [5.74, 6) is 0.316. The summed E-state index contributed by atoms with van der Waals surface area (Å²) in [6.07, 6.45) is 0. The Labute approximate surface area is 118 Å². The van der Waals surface area contributed by atoms with E-state index in [4.69, 9.17) is 11.6 Å². The van der Waals surface area contributed by atoms with Crippen LogP contribution in [0.25, 0.3) is 0 Å². The van der Waals surface area contributed by atoms with Crippen LogP contribution >= 0.6 is 11.6 Å². The SMILES string of the molecule is CC(C)[C@H](N[S@@+]([O-])C(C)(C)C)c1ccccc1Cl. The van der Waals surface area contributed by atoms with E-state index in [1.54, 1.807) is 0 Å². The molecule has 18 heavy (non-hydrogen) atoms. The molecule has 0 saturated carbocycles. The highest BCUT2D eigenvalue weighted by Gasteiger charge is 2.31. The van der Waals surface area contributed by atoms with Crippen LogP contribution in [0.3, 0.4) is 0 Å². The Hall–Kier alpha value is -0.220. The molecule has 0 amide bonds. The molecule has 0 fully saturated rings. The molecule has 0 unspecified atom stereocenters. The van der Waals surface area contributed by atoms with E-state index in [0.717, 1.165) is 10.6 Å². The topological polar surface area (TPSA) is 35.1 Å². The van der Waals surface area contributed by atoms with Crippen LogP contribution in [0.4, 0.5) is 0 Å². The summed E-state index contributed by atoms with van der Waals surface area (Å²) in [6.45, 7) is 10.1. The standard InChI is InChI=1S/C14H22ClNOS/c1-10(2)13(16-18(17)14(3,4)5)11-8-6-7-9-12(11)15/h6-10,13,16H,1-5H3/t13-,18-/m0/s1. The first-order valence-corrected chi connectivity index (χ1v) is 7.68. The van der Waals surface area contributed by atoms with Crippen molar-refractivity contribution in [3.63, 3.8) is 0 Å². The van der Waals surface area contributed by atoms with E-state index in [1.807, 2.05) is 45.0 Å². The number of hydrogen-bond acceptors (Lipinski definition) is 2. The van der Waals surface area contributed by atoms with Crippen LogP contribution in [-0.4, -0.2) is 9.30 Å². The van der Waals surface area contributed by atoms with Crippen LogP contribution in [0, 0.1) is 5.92 Å². The van der Waals surface area contributed by atoms with E-state index in [-0.39, 0.29) is 10.8 Å². The Bertz CT molecular complexity index is 390. The third-order valence-electron chi connectivity index (χ3n) is 2.70. The molecule has 1 aromatic carbocycles. The molecule has 0 aliphatic rings. The first-order chi connectivity index (χ1) is 8.23.